The molecule has 0 amide bonds. The minimum Gasteiger partial charge on any atom is -0.306 e. The molecule has 0 aliphatic carbocycles. The maximum Gasteiger partial charge on any atom is 0.352 e. The molecule has 0 aliphatic heterocycles. The smallest absolute Gasteiger partial charge is 0.306 e. The maximum atomic E-state index is 11.4. The summed E-state index contributed by atoms with van der Waals surface area (Å²) in [7, 11) is 2.04. The van der Waals surface area contributed by atoms with Gasteiger partial charge in [0.25, 0.3) is 0 Å². The van der Waals surface area contributed by atoms with Crippen LogP contribution >= 0.6 is 7.60 Å². The first-order valence-corrected chi connectivity index (χ1v) is 5.08. The van der Waals surface area contributed by atoms with Crippen LogP contribution in [0, 0.1) is 0 Å². The van der Waals surface area contributed by atoms with Crippen LogP contribution in [0.5, 0.6) is 0 Å². The van der Waals surface area contributed by atoms with E-state index in [1.807, 2.05) is 0 Å². The van der Waals surface area contributed by atoms with Crippen molar-refractivity contribution in [2.75, 3.05) is 13.2 Å². The molecule has 0 rings (SSSR count). The zero-order valence-electron chi connectivity index (χ0n) is 6.82. The molecule has 0 spiro atoms. The summed E-state index contributed by atoms with van der Waals surface area (Å²) >= 11 is 0. The summed E-state index contributed by atoms with van der Waals surface area (Å²) < 4.78 is 21.2. The van der Waals surface area contributed by atoms with E-state index in [4.69, 9.17) is 16.9 Å². The molecule has 0 aliphatic rings. The molecular formula is C6H12BO3P. The van der Waals surface area contributed by atoms with Gasteiger partial charge in [0, 0.05) is 5.82 Å². The predicted octanol–water partition coefficient (Wildman–Crippen LogP) is 1.89. The van der Waals surface area contributed by atoms with Gasteiger partial charge in [0.15, 0.2) is 0 Å². The van der Waals surface area contributed by atoms with Crippen LogP contribution in [0.15, 0.2) is 11.8 Å². The highest BCUT2D eigenvalue weighted by Gasteiger charge is 2.17. The summed E-state index contributed by atoms with van der Waals surface area (Å²) in [5, 5.41) is 0. The summed E-state index contributed by atoms with van der Waals surface area (Å²) in [6, 6.07) is 0. The van der Waals surface area contributed by atoms with Crippen LogP contribution < -0.4 is 0 Å². The Balaban J connectivity index is 4.14. The van der Waals surface area contributed by atoms with Gasteiger partial charge in [0.1, 0.15) is 7.85 Å². The topological polar surface area (TPSA) is 35.5 Å². The van der Waals surface area contributed by atoms with Crippen molar-refractivity contribution >= 4 is 15.4 Å². The van der Waals surface area contributed by atoms with Crippen LogP contribution in [-0.2, 0) is 13.6 Å². The van der Waals surface area contributed by atoms with Crippen LogP contribution in [0.3, 0.4) is 0 Å². The van der Waals surface area contributed by atoms with Gasteiger partial charge < -0.3 is 9.05 Å². The van der Waals surface area contributed by atoms with Crippen molar-refractivity contribution in [3.05, 3.63) is 11.8 Å². The van der Waals surface area contributed by atoms with Crippen molar-refractivity contribution in [2.24, 2.45) is 0 Å². The molecule has 0 saturated heterocycles. The van der Waals surface area contributed by atoms with Gasteiger partial charge in [-0.05, 0) is 13.8 Å². The van der Waals surface area contributed by atoms with E-state index in [2.05, 4.69) is 0 Å². The van der Waals surface area contributed by atoms with E-state index in [1.165, 1.54) is 11.8 Å². The zero-order valence-corrected chi connectivity index (χ0v) is 7.71. The Morgan fingerprint density at radius 1 is 1.36 bits per heavy atom. The molecule has 0 aromatic rings. The van der Waals surface area contributed by atoms with Gasteiger partial charge in [-0.3, -0.25) is 4.57 Å². The number of rotatable bonds is 5. The van der Waals surface area contributed by atoms with Gasteiger partial charge in [-0.2, -0.15) is 0 Å². The van der Waals surface area contributed by atoms with E-state index in [9.17, 15) is 4.57 Å². The summed E-state index contributed by atoms with van der Waals surface area (Å²) in [6.45, 7) is 4.19. The lowest BCUT2D eigenvalue weighted by molar-refractivity contribution is 0.229. The Kier molecular flexibility index (Phi) is 5.56. The minimum absolute atomic E-state index is 0.349. The predicted molar refractivity (Wildman–Crippen MR) is 45.8 cm³/mol. The lowest BCUT2D eigenvalue weighted by Gasteiger charge is -2.11. The molecule has 0 atom stereocenters. The van der Waals surface area contributed by atoms with Gasteiger partial charge in [-0.1, -0.05) is 0 Å². The Hall–Kier alpha value is -0.0451. The summed E-state index contributed by atoms with van der Waals surface area (Å²) in [6.07, 6.45) is 0. The first-order valence-electron chi connectivity index (χ1n) is 3.46. The second kappa shape index (κ2) is 5.59. The number of hydrogen-bond acceptors (Lipinski definition) is 3. The van der Waals surface area contributed by atoms with Crippen molar-refractivity contribution in [1.29, 1.82) is 0 Å². The highest BCUT2D eigenvalue weighted by atomic mass is 31.2. The standard InChI is InChI=1S/C6H12BO3P/c1-3-9-11(8,6-5-7)10-4-2/h5-6H,3-4H2,1-2H3/b6-5+. The second-order valence-corrected chi connectivity index (χ2v) is 3.61. The second-order valence-electron chi connectivity index (χ2n) is 1.72. The van der Waals surface area contributed by atoms with Crippen molar-refractivity contribution in [3.8, 4) is 0 Å². The van der Waals surface area contributed by atoms with Gasteiger partial charge in [0.05, 0.1) is 13.2 Å². The van der Waals surface area contributed by atoms with Gasteiger partial charge in [-0.25, -0.2) is 0 Å². The molecule has 11 heavy (non-hydrogen) atoms. The molecule has 62 valence electrons. The Morgan fingerprint density at radius 2 is 1.82 bits per heavy atom. The molecule has 3 nitrogen and oxygen atoms in total. The van der Waals surface area contributed by atoms with E-state index in [-0.39, 0.29) is 0 Å². The molecule has 0 heterocycles. The largest absolute Gasteiger partial charge is 0.352 e. The van der Waals surface area contributed by atoms with Gasteiger partial charge in [-0.15, -0.1) is 5.98 Å². The van der Waals surface area contributed by atoms with E-state index in [1.54, 1.807) is 13.8 Å². The van der Waals surface area contributed by atoms with E-state index in [0.29, 0.717) is 13.2 Å². The van der Waals surface area contributed by atoms with Gasteiger partial charge >= 0.3 is 7.60 Å². The van der Waals surface area contributed by atoms with Crippen LogP contribution in [0.2, 0.25) is 0 Å². The highest BCUT2D eigenvalue weighted by molar-refractivity contribution is 7.57. The normalized spacial score (nSPS) is 12.5. The number of hydrogen-bond donors (Lipinski definition) is 0. The quantitative estimate of drug-likeness (QED) is 0.471. The van der Waals surface area contributed by atoms with Crippen LogP contribution in [0.25, 0.3) is 0 Å². The van der Waals surface area contributed by atoms with Crippen molar-refractivity contribution in [2.45, 2.75) is 13.8 Å². The Bertz CT molecular complexity index is 159. The molecule has 0 fully saturated rings. The third-order valence-electron chi connectivity index (χ3n) is 0.887. The first kappa shape index (κ1) is 11.0. The molecule has 5 heteroatoms. The van der Waals surface area contributed by atoms with Crippen molar-refractivity contribution < 1.29 is 13.6 Å². The van der Waals surface area contributed by atoms with E-state index < -0.39 is 7.60 Å². The fourth-order valence-electron chi connectivity index (χ4n) is 0.589. The third kappa shape index (κ3) is 4.41. The van der Waals surface area contributed by atoms with Crippen LogP contribution in [-0.4, -0.2) is 21.1 Å². The minimum atomic E-state index is -3.02. The van der Waals surface area contributed by atoms with Crippen LogP contribution in [0.4, 0.5) is 0 Å². The first-order chi connectivity index (χ1) is 5.18. The zero-order chi connectivity index (χ0) is 8.74. The molecule has 0 aromatic heterocycles. The molecule has 0 bridgehead atoms. The lowest BCUT2D eigenvalue weighted by atomic mass is 10.2. The fourth-order valence-corrected chi connectivity index (χ4v) is 1.77. The molecule has 0 unspecified atom stereocenters. The fraction of sp³-hybridized carbons (Fsp3) is 0.667. The molecule has 0 N–H and O–H groups in total. The SMILES string of the molecule is [B]/C=C/P(=O)(OCC)OCC. The third-order valence-corrected chi connectivity index (χ3v) is 2.66. The molecule has 0 aromatic carbocycles. The maximum absolute atomic E-state index is 11.4. The van der Waals surface area contributed by atoms with Crippen molar-refractivity contribution in [1.82, 2.24) is 0 Å². The van der Waals surface area contributed by atoms with Crippen LogP contribution in [0.1, 0.15) is 13.8 Å². The van der Waals surface area contributed by atoms with Gasteiger partial charge in [0.2, 0.25) is 0 Å². The molecule has 2 radical (unpaired) electrons. The summed E-state index contributed by atoms with van der Waals surface area (Å²) in [5.74, 6) is 2.42. The average Bonchev–Trinajstić information content (AvgIpc) is 1.88. The molecular weight excluding hydrogens is 162 g/mol. The Labute approximate surface area is 68.7 Å². The summed E-state index contributed by atoms with van der Waals surface area (Å²) in [4.78, 5) is 0. The lowest BCUT2D eigenvalue weighted by Crippen LogP contribution is -1.92. The average molecular weight is 174 g/mol. The van der Waals surface area contributed by atoms with E-state index >= 15 is 0 Å². The monoisotopic (exact) mass is 174 g/mol. The Morgan fingerprint density at radius 3 is 2.09 bits per heavy atom. The van der Waals surface area contributed by atoms with E-state index in [0.717, 1.165) is 0 Å². The van der Waals surface area contributed by atoms with Crippen molar-refractivity contribution in [3.63, 3.8) is 0 Å². The highest BCUT2D eigenvalue weighted by Crippen LogP contribution is 2.49. The summed E-state index contributed by atoms with van der Waals surface area (Å²) in [5.41, 5.74) is 0. The molecule has 0 saturated carbocycles.